The Morgan fingerprint density at radius 2 is 2.12 bits per heavy atom. The van der Waals surface area contributed by atoms with Gasteiger partial charge >= 0.3 is 0 Å². The van der Waals surface area contributed by atoms with Crippen molar-refractivity contribution in [3.8, 4) is 17.0 Å². The molecule has 0 radical (unpaired) electrons. The number of rotatable bonds is 4. The molecular weight excluding hydrogens is 304 g/mol. The molecule has 122 valence electrons. The summed E-state index contributed by atoms with van der Waals surface area (Å²) in [6.07, 6.45) is 6.27. The Morgan fingerprint density at radius 1 is 1.25 bits per heavy atom. The van der Waals surface area contributed by atoms with E-state index in [0.717, 1.165) is 46.6 Å². The first-order valence-electron chi connectivity index (χ1n) is 7.92. The van der Waals surface area contributed by atoms with Crippen LogP contribution in [0.4, 0.5) is 0 Å². The van der Waals surface area contributed by atoms with E-state index in [4.69, 9.17) is 4.74 Å². The second kappa shape index (κ2) is 5.59. The van der Waals surface area contributed by atoms with Crippen LogP contribution in [0.2, 0.25) is 0 Å². The van der Waals surface area contributed by atoms with Gasteiger partial charge in [0.05, 0.1) is 12.6 Å². The third kappa shape index (κ3) is 2.12. The summed E-state index contributed by atoms with van der Waals surface area (Å²) < 4.78 is 9.36. The first kappa shape index (κ1) is 14.6. The molecular formula is C17H18N6O. The average Bonchev–Trinajstić information content (AvgIpc) is 3.16. The first-order chi connectivity index (χ1) is 11.7. The van der Waals surface area contributed by atoms with E-state index in [9.17, 15) is 0 Å². The van der Waals surface area contributed by atoms with Crippen LogP contribution in [0.3, 0.4) is 0 Å². The largest absolute Gasteiger partial charge is 0.479 e. The van der Waals surface area contributed by atoms with Crippen molar-refractivity contribution in [2.45, 2.75) is 26.8 Å². The van der Waals surface area contributed by atoms with Gasteiger partial charge in [-0.1, -0.05) is 6.92 Å². The maximum absolute atomic E-state index is 5.39. The maximum Gasteiger partial charge on any atom is 0.241 e. The van der Waals surface area contributed by atoms with Gasteiger partial charge in [-0.25, -0.2) is 14.5 Å². The molecule has 0 saturated carbocycles. The summed E-state index contributed by atoms with van der Waals surface area (Å²) in [4.78, 5) is 13.3. The van der Waals surface area contributed by atoms with Crippen molar-refractivity contribution in [2.24, 2.45) is 0 Å². The third-order valence-corrected chi connectivity index (χ3v) is 4.17. The van der Waals surface area contributed by atoms with Gasteiger partial charge in [0.25, 0.3) is 0 Å². The van der Waals surface area contributed by atoms with Gasteiger partial charge in [-0.05, 0) is 25.5 Å². The van der Waals surface area contributed by atoms with Crippen molar-refractivity contribution in [3.05, 3.63) is 36.7 Å². The summed E-state index contributed by atoms with van der Waals surface area (Å²) in [6.45, 7) is 5.10. The van der Waals surface area contributed by atoms with Crippen molar-refractivity contribution in [3.63, 3.8) is 0 Å². The summed E-state index contributed by atoms with van der Waals surface area (Å²) in [5, 5.41) is 4.24. The van der Waals surface area contributed by atoms with E-state index < -0.39 is 0 Å². The molecule has 7 nitrogen and oxygen atoms in total. The smallest absolute Gasteiger partial charge is 0.241 e. The highest BCUT2D eigenvalue weighted by molar-refractivity contribution is 5.87. The lowest BCUT2D eigenvalue weighted by Gasteiger charge is -2.06. The van der Waals surface area contributed by atoms with Crippen LogP contribution in [0.1, 0.15) is 19.2 Å². The van der Waals surface area contributed by atoms with E-state index >= 15 is 0 Å². The van der Waals surface area contributed by atoms with E-state index in [1.54, 1.807) is 11.6 Å². The molecule has 7 heteroatoms. The second-order valence-electron chi connectivity index (χ2n) is 5.67. The van der Waals surface area contributed by atoms with Gasteiger partial charge in [-0.15, -0.1) is 0 Å². The Hall–Kier alpha value is -2.96. The number of hydrogen-bond acceptors (Lipinski definition) is 5. The molecule has 0 aliphatic rings. The number of ether oxygens (including phenoxy) is 1. The standard InChI is InChI=1S/C17H18N6O/c1-4-6-22-11(2)21-16-14(22)8-12(9-18-16)13-5-7-23-15(13)17(24-3)19-10-20-23/h5,7-10H,4,6H2,1-3H3. The van der Waals surface area contributed by atoms with Crippen molar-refractivity contribution >= 4 is 16.7 Å². The molecule has 0 aliphatic carbocycles. The lowest BCUT2D eigenvalue weighted by molar-refractivity contribution is 0.399. The van der Waals surface area contributed by atoms with Crippen LogP contribution in [0.5, 0.6) is 5.88 Å². The number of methoxy groups -OCH3 is 1. The molecule has 4 aromatic rings. The van der Waals surface area contributed by atoms with Gasteiger partial charge in [0.15, 0.2) is 5.65 Å². The van der Waals surface area contributed by atoms with Crippen LogP contribution in [-0.4, -0.2) is 36.2 Å². The molecule has 4 aromatic heterocycles. The Balaban J connectivity index is 1.95. The van der Waals surface area contributed by atoms with Crippen molar-refractivity contribution in [1.82, 2.24) is 29.1 Å². The van der Waals surface area contributed by atoms with Crippen LogP contribution >= 0.6 is 0 Å². The normalized spacial score (nSPS) is 11.5. The number of aryl methyl sites for hydroxylation is 2. The summed E-state index contributed by atoms with van der Waals surface area (Å²) in [7, 11) is 1.61. The molecule has 0 bridgehead atoms. The predicted octanol–water partition coefficient (Wildman–Crippen LogP) is 2.87. The number of hydrogen-bond donors (Lipinski definition) is 0. The highest BCUT2D eigenvalue weighted by atomic mass is 16.5. The number of nitrogens with zero attached hydrogens (tertiary/aromatic N) is 6. The fourth-order valence-electron chi connectivity index (χ4n) is 3.08. The molecule has 0 aromatic carbocycles. The molecule has 0 spiro atoms. The SMILES string of the molecule is CCCn1c(C)nc2ncc(-c3ccn4ncnc(OC)c34)cc21. The van der Waals surface area contributed by atoms with Gasteiger partial charge in [0.1, 0.15) is 17.7 Å². The molecule has 4 heterocycles. The highest BCUT2D eigenvalue weighted by Crippen LogP contribution is 2.31. The monoisotopic (exact) mass is 322 g/mol. The van der Waals surface area contributed by atoms with Gasteiger partial charge in [0.2, 0.25) is 5.88 Å². The highest BCUT2D eigenvalue weighted by Gasteiger charge is 2.15. The lowest BCUT2D eigenvalue weighted by atomic mass is 10.1. The van der Waals surface area contributed by atoms with E-state index in [2.05, 4.69) is 37.6 Å². The molecule has 0 N–H and O–H groups in total. The van der Waals surface area contributed by atoms with Crippen LogP contribution < -0.4 is 4.74 Å². The zero-order chi connectivity index (χ0) is 16.7. The molecule has 4 rings (SSSR count). The third-order valence-electron chi connectivity index (χ3n) is 4.17. The summed E-state index contributed by atoms with van der Waals surface area (Å²) in [6, 6.07) is 4.13. The van der Waals surface area contributed by atoms with Crippen molar-refractivity contribution in [2.75, 3.05) is 7.11 Å². The number of pyridine rings is 1. The second-order valence-corrected chi connectivity index (χ2v) is 5.67. The topological polar surface area (TPSA) is 70.1 Å². The minimum absolute atomic E-state index is 0.545. The van der Waals surface area contributed by atoms with Crippen molar-refractivity contribution in [1.29, 1.82) is 0 Å². The Kier molecular flexibility index (Phi) is 3.41. The quantitative estimate of drug-likeness (QED) is 0.578. The van der Waals surface area contributed by atoms with Crippen LogP contribution in [0.25, 0.3) is 27.8 Å². The van der Waals surface area contributed by atoms with Gasteiger partial charge < -0.3 is 9.30 Å². The van der Waals surface area contributed by atoms with Gasteiger partial charge in [-0.2, -0.15) is 10.1 Å². The minimum atomic E-state index is 0.545. The summed E-state index contributed by atoms with van der Waals surface area (Å²) in [5.41, 5.74) is 4.64. The van der Waals surface area contributed by atoms with Gasteiger partial charge in [-0.3, -0.25) is 0 Å². The lowest BCUT2D eigenvalue weighted by Crippen LogP contribution is -1.99. The van der Waals surface area contributed by atoms with Crippen LogP contribution in [-0.2, 0) is 6.54 Å². The minimum Gasteiger partial charge on any atom is -0.479 e. The van der Waals surface area contributed by atoms with Gasteiger partial charge in [0, 0.05) is 30.1 Å². The fraction of sp³-hybridized carbons (Fsp3) is 0.294. The molecule has 0 unspecified atom stereocenters. The Bertz CT molecular complexity index is 1030. The molecule has 0 fully saturated rings. The summed E-state index contributed by atoms with van der Waals surface area (Å²) in [5.74, 6) is 1.53. The molecule has 0 atom stereocenters. The number of fused-ring (bicyclic) bond motifs is 2. The Labute approximate surface area is 138 Å². The van der Waals surface area contributed by atoms with Crippen LogP contribution in [0, 0.1) is 6.92 Å². The summed E-state index contributed by atoms with van der Waals surface area (Å²) >= 11 is 0. The fourth-order valence-corrected chi connectivity index (χ4v) is 3.08. The first-order valence-corrected chi connectivity index (χ1v) is 7.92. The Morgan fingerprint density at radius 3 is 2.92 bits per heavy atom. The van der Waals surface area contributed by atoms with E-state index in [-0.39, 0.29) is 0 Å². The van der Waals surface area contributed by atoms with E-state index in [1.807, 2.05) is 25.4 Å². The maximum atomic E-state index is 5.39. The molecule has 0 aliphatic heterocycles. The van der Waals surface area contributed by atoms with E-state index in [1.165, 1.54) is 6.33 Å². The molecule has 0 amide bonds. The zero-order valence-electron chi connectivity index (χ0n) is 13.9. The van der Waals surface area contributed by atoms with Crippen LogP contribution in [0.15, 0.2) is 30.9 Å². The molecule has 24 heavy (non-hydrogen) atoms. The zero-order valence-corrected chi connectivity index (χ0v) is 13.9. The number of imidazole rings is 1. The predicted molar refractivity (Wildman–Crippen MR) is 91.1 cm³/mol. The molecule has 0 saturated heterocycles. The number of aromatic nitrogens is 6. The average molecular weight is 322 g/mol. The van der Waals surface area contributed by atoms with E-state index in [0.29, 0.717) is 5.88 Å². The van der Waals surface area contributed by atoms with Crippen molar-refractivity contribution < 1.29 is 4.74 Å².